The molecule has 1 unspecified atom stereocenters. The van der Waals surface area contributed by atoms with Gasteiger partial charge in [-0.2, -0.15) is 5.10 Å². The first-order chi connectivity index (χ1) is 16.0. The number of fused-ring (bicyclic) bond motifs is 2. The summed E-state index contributed by atoms with van der Waals surface area (Å²) in [4.78, 5) is 27.9. The molecular formula is C21H17N5O7. The minimum absolute atomic E-state index is 0.0665. The molecule has 5 rings (SSSR count). The molecule has 0 fully saturated rings. The Morgan fingerprint density at radius 1 is 1.21 bits per heavy atom. The molecule has 12 heteroatoms. The van der Waals surface area contributed by atoms with E-state index in [-0.39, 0.29) is 42.4 Å². The fourth-order valence-corrected chi connectivity index (χ4v) is 3.49. The van der Waals surface area contributed by atoms with Crippen molar-refractivity contribution in [2.75, 3.05) is 13.4 Å². The quantitative estimate of drug-likeness (QED) is 0.328. The zero-order valence-corrected chi connectivity index (χ0v) is 17.0. The SMILES string of the molecule is O=c1c2cnn(-c3ccccc3[N+](=O)[O-])c2ncn1CC(O)COc1ccc2c(c1)OCO2. The number of rotatable bonds is 7. The van der Waals surface area contributed by atoms with Crippen molar-refractivity contribution in [3.8, 4) is 22.9 Å². The molecule has 1 aliphatic heterocycles. The van der Waals surface area contributed by atoms with Crippen LogP contribution in [0.1, 0.15) is 0 Å². The molecule has 168 valence electrons. The molecule has 12 nitrogen and oxygen atoms in total. The lowest BCUT2D eigenvalue weighted by atomic mass is 10.2. The van der Waals surface area contributed by atoms with Crippen molar-refractivity contribution in [2.45, 2.75) is 12.6 Å². The lowest BCUT2D eigenvalue weighted by Gasteiger charge is -2.14. The van der Waals surface area contributed by atoms with E-state index >= 15 is 0 Å². The number of aliphatic hydroxyl groups excluding tert-OH is 1. The maximum absolute atomic E-state index is 12.9. The van der Waals surface area contributed by atoms with Crippen LogP contribution < -0.4 is 19.8 Å². The van der Waals surface area contributed by atoms with Gasteiger partial charge in [0, 0.05) is 12.1 Å². The summed E-state index contributed by atoms with van der Waals surface area (Å²) in [6, 6.07) is 11.1. The average Bonchev–Trinajstić information content (AvgIpc) is 3.46. The van der Waals surface area contributed by atoms with E-state index in [1.807, 2.05) is 0 Å². The largest absolute Gasteiger partial charge is 0.491 e. The summed E-state index contributed by atoms with van der Waals surface area (Å²) in [6.07, 6.45) is 1.56. The zero-order chi connectivity index (χ0) is 22.9. The highest BCUT2D eigenvalue weighted by Crippen LogP contribution is 2.35. The average molecular weight is 451 g/mol. The molecule has 0 spiro atoms. The Balaban J connectivity index is 1.34. The Hall–Kier alpha value is -4.45. The standard InChI is InChI=1S/C21H17N5O7/c27-13(10-31-14-5-6-18-19(7-14)33-12-32-18)9-24-11-22-20-15(21(24)28)8-23-25(20)16-3-1-2-4-17(16)26(29)30/h1-8,11,13,27H,9-10,12H2. The number of aromatic nitrogens is 4. The Morgan fingerprint density at radius 2 is 2.03 bits per heavy atom. The molecule has 33 heavy (non-hydrogen) atoms. The van der Waals surface area contributed by atoms with Crippen LogP contribution in [0.4, 0.5) is 5.69 Å². The van der Waals surface area contributed by atoms with E-state index in [9.17, 15) is 20.0 Å². The Kier molecular flexibility index (Phi) is 5.11. The van der Waals surface area contributed by atoms with Gasteiger partial charge in [0.05, 0.1) is 17.7 Å². The van der Waals surface area contributed by atoms with Crippen molar-refractivity contribution in [1.29, 1.82) is 0 Å². The second-order valence-corrected chi connectivity index (χ2v) is 7.22. The number of benzene rings is 2. The number of nitro groups is 1. The van der Waals surface area contributed by atoms with Gasteiger partial charge in [0.15, 0.2) is 17.1 Å². The minimum atomic E-state index is -1.00. The zero-order valence-electron chi connectivity index (χ0n) is 17.0. The molecular weight excluding hydrogens is 434 g/mol. The van der Waals surface area contributed by atoms with E-state index in [2.05, 4.69) is 10.1 Å². The van der Waals surface area contributed by atoms with Crippen molar-refractivity contribution in [3.05, 3.63) is 75.5 Å². The normalized spacial score (nSPS) is 13.2. The van der Waals surface area contributed by atoms with Crippen molar-refractivity contribution in [1.82, 2.24) is 19.3 Å². The van der Waals surface area contributed by atoms with Gasteiger partial charge < -0.3 is 19.3 Å². The predicted molar refractivity (Wildman–Crippen MR) is 114 cm³/mol. The number of hydrogen-bond acceptors (Lipinski definition) is 9. The predicted octanol–water partition coefficient (Wildman–Crippen LogP) is 1.66. The van der Waals surface area contributed by atoms with Crippen LogP contribution in [0.25, 0.3) is 16.7 Å². The third kappa shape index (κ3) is 3.83. The van der Waals surface area contributed by atoms with Crippen LogP contribution >= 0.6 is 0 Å². The second kappa shape index (κ2) is 8.24. The number of hydrogen-bond donors (Lipinski definition) is 1. The summed E-state index contributed by atoms with van der Waals surface area (Å²) in [5.41, 5.74) is -0.229. The molecule has 0 bridgehead atoms. The summed E-state index contributed by atoms with van der Waals surface area (Å²) < 4.78 is 18.6. The Labute approximate surface area is 185 Å². The van der Waals surface area contributed by atoms with Crippen LogP contribution in [0.15, 0.2) is 59.8 Å². The van der Waals surface area contributed by atoms with Gasteiger partial charge in [0.1, 0.15) is 35.9 Å². The van der Waals surface area contributed by atoms with Crippen LogP contribution in [0.3, 0.4) is 0 Å². The summed E-state index contributed by atoms with van der Waals surface area (Å²) in [5.74, 6) is 1.67. The van der Waals surface area contributed by atoms with E-state index < -0.39 is 16.6 Å². The van der Waals surface area contributed by atoms with E-state index in [4.69, 9.17) is 14.2 Å². The molecule has 0 aliphatic carbocycles. The van der Waals surface area contributed by atoms with Crippen LogP contribution in [-0.2, 0) is 6.54 Å². The fraction of sp³-hybridized carbons (Fsp3) is 0.190. The van der Waals surface area contributed by atoms with Gasteiger partial charge in [-0.1, -0.05) is 12.1 Å². The maximum Gasteiger partial charge on any atom is 0.294 e. The number of ether oxygens (including phenoxy) is 3. The summed E-state index contributed by atoms with van der Waals surface area (Å²) in [5, 5.41) is 26.0. The van der Waals surface area contributed by atoms with Gasteiger partial charge in [-0.05, 0) is 18.2 Å². The molecule has 0 amide bonds. The van der Waals surface area contributed by atoms with Crippen molar-refractivity contribution < 1.29 is 24.2 Å². The molecule has 1 atom stereocenters. The van der Waals surface area contributed by atoms with E-state index in [0.29, 0.717) is 17.2 Å². The first kappa shape index (κ1) is 20.5. The molecule has 4 aromatic rings. The van der Waals surface area contributed by atoms with E-state index in [0.717, 1.165) is 0 Å². The first-order valence-corrected chi connectivity index (χ1v) is 9.89. The minimum Gasteiger partial charge on any atom is -0.491 e. The lowest BCUT2D eigenvalue weighted by Crippen LogP contribution is -2.30. The van der Waals surface area contributed by atoms with E-state index in [1.54, 1.807) is 30.3 Å². The number of para-hydroxylation sites is 2. The number of aliphatic hydroxyl groups is 1. The highest BCUT2D eigenvalue weighted by Gasteiger charge is 2.20. The third-order valence-electron chi connectivity index (χ3n) is 5.05. The van der Waals surface area contributed by atoms with Crippen LogP contribution in [0.2, 0.25) is 0 Å². The Morgan fingerprint density at radius 3 is 2.88 bits per heavy atom. The molecule has 3 heterocycles. The summed E-state index contributed by atoms with van der Waals surface area (Å²) in [7, 11) is 0. The molecule has 0 saturated heterocycles. The van der Waals surface area contributed by atoms with Gasteiger partial charge >= 0.3 is 0 Å². The fourth-order valence-electron chi connectivity index (χ4n) is 3.49. The molecule has 0 radical (unpaired) electrons. The highest BCUT2D eigenvalue weighted by atomic mass is 16.7. The first-order valence-electron chi connectivity index (χ1n) is 9.89. The van der Waals surface area contributed by atoms with Gasteiger partial charge in [0.2, 0.25) is 6.79 Å². The molecule has 0 saturated carbocycles. The van der Waals surface area contributed by atoms with Crippen LogP contribution in [0, 0.1) is 10.1 Å². The monoisotopic (exact) mass is 451 g/mol. The number of nitrogens with zero attached hydrogens (tertiary/aromatic N) is 5. The van der Waals surface area contributed by atoms with Gasteiger partial charge in [-0.3, -0.25) is 19.5 Å². The summed E-state index contributed by atoms with van der Waals surface area (Å²) >= 11 is 0. The topological polar surface area (TPSA) is 144 Å². The van der Waals surface area contributed by atoms with Crippen molar-refractivity contribution >= 4 is 16.7 Å². The van der Waals surface area contributed by atoms with Gasteiger partial charge in [-0.15, -0.1) is 0 Å². The molecule has 1 aliphatic rings. The van der Waals surface area contributed by atoms with E-state index in [1.165, 1.54) is 33.9 Å². The molecule has 1 N–H and O–H groups in total. The van der Waals surface area contributed by atoms with Crippen molar-refractivity contribution in [3.63, 3.8) is 0 Å². The third-order valence-corrected chi connectivity index (χ3v) is 5.05. The smallest absolute Gasteiger partial charge is 0.294 e. The van der Waals surface area contributed by atoms with Crippen LogP contribution in [0.5, 0.6) is 17.2 Å². The second-order valence-electron chi connectivity index (χ2n) is 7.22. The Bertz CT molecular complexity index is 1410. The summed E-state index contributed by atoms with van der Waals surface area (Å²) in [6.45, 7) is 0.0105. The van der Waals surface area contributed by atoms with Gasteiger partial charge in [0.25, 0.3) is 11.2 Å². The van der Waals surface area contributed by atoms with Crippen LogP contribution in [-0.4, -0.2) is 48.9 Å². The lowest BCUT2D eigenvalue weighted by molar-refractivity contribution is -0.384. The van der Waals surface area contributed by atoms with Gasteiger partial charge in [-0.25, -0.2) is 9.67 Å². The molecule has 2 aromatic carbocycles. The highest BCUT2D eigenvalue weighted by molar-refractivity contribution is 5.76. The maximum atomic E-state index is 12.9. The number of nitro benzene ring substituents is 1. The molecule has 2 aromatic heterocycles. The van der Waals surface area contributed by atoms with Crippen molar-refractivity contribution in [2.24, 2.45) is 0 Å².